The van der Waals surface area contributed by atoms with Crippen molar-refractivity contribution in [1.82, 2.24) is 20.4 Å². The largest absolute Gasteiger partial charge is 0.594 e. The molecule has 2 aromatic carbocycles. The minimum Gasteiger partial charge on any atom is -0.594 e. The lowest BCUT2D eigenvalue weighted by Gasteiger charge is -2.17. The summed E-state index contributed by atoms with van der Waals surface area (Å²) in [6, 6.07) is 12.9. The normalized spacial score (nSPS) is 11.7. The van der Waals surface area contributed by atoms with E-state index in [0.29, 0.717) is 40.5 Å². The summed E-state index contributed by atoms with van der Waals surface area (Å²) in [6.07, 6.45) is 0. The molecule has 9 heteroatoms. The second-order valence-electron chi connectivity index (χ2n) is 8.03. The van der Waals surface area contributed by atoms with Gasteiger partial charge in [-0.3, -0.25) is 9.59 Å². The Kier molecular flexibility index (Phi) is 11.9. The van der Waals surface area contributed by atoms with Gasteiger partial charge in [-0.25, -0.2) is 0 Å². The summed E-state index contributed by atoms with van der Waals surface area (Å²) in [6.45, 7) is 14.9. The number of nitrogens with zero attached hydrogens (tertiary/aromatic N) is 4. The van der Waals surface area contributed by atoms with E-state index in [2.05, 4.69) is 53.2 Å². The zero-order valence-corrected chi connectivity index (χ0v) is 21.3. The maximum Gasteiger partial charge on any atom is 0.251 e. The van der Waals surface area contributed by atoms with E-state index < -0.39 is 0 Å². The van der Waals surface area contributed by atoms with Crippen LogP contribution in [0.2, 0.25) is 0 Å². The highest BCUT2D eigenvalue weighted by atomic mass is 16.5. The van der Waals surface area contributed by atoms with Crippen molar-refractivity contribution in [2.24, 2.45) is 5.11 Å². The van der Waals surface area contributed by atoms with Crippen LogP contribution < -0.4 is 10.6 Å². The van der Waals surface area contributed by atoms with Crippen LogP contribution in [-0.2, 0) is 0 Å². The van der Waals surface area contributed by atoms with Gasteiger partial charge in [0.25, 0.3) is 11.8 Å². The van der Waals surface area contributed by atoms with Crippen molar-refractivity contribution < 1.29 is 14.4 Å². The lowest BCUT2D eigenvalue weighted by molar-refractivity contribution is -0.435. The van der Waals surface area contributed by atoms with E-state index in [4.69, 9.17) is 0 Å². The van der Waals surface area contributed by atoms with Gasteiger partial charge in [-0.1, -0.05) is 32.6 Å². The minimum absolute atomic E-state index is 0.159. The molecule has 9 nitrogen and oxygen atoms in total. The number of benzene rings is 2. The van der Waals surface area contributed by atoms with Crippen LogP contribution in [0.4, 0.5) is 11.4 Å². The summed E-state index contributed by atoms with van der Waals surface area (Å²) in [5.74, 6) is -0.335. The van der Waals surface area contributed by atoms with Crippen molar-refractivity contribution in [1.29, 1.82) is 0 Å². The lowest BCUT2D eigenvalue weighted by Crippen LogP contribution is -2.34. The van der Waals surface area contributed by atoms with Crippen molar-refractivity contribution in [2.45, 2.75) is 27.7 Å². The summed E-state index contributed by atoms with van der Waals surface area (Å²) in [5.41, 5.74) is 1.73. The van der Waals surface area contributed by atoms with Crippen LogP contribution in [0.5, 0.6) is 0 Å². The second kappa shape index (κ2) is 14.9. The molecule has 190 valence electrons. The fraction of sp³-hybridized carbons (Fsp3) is 0.462. The van der Waals surface area contributed by atoms with Crippen LogP contribution in [0.3, 0.4) is 0 Å². The molecule has 35 heavy (non-hydrogen) atoms. The van der Waals surface area contributed by atoms with Crippen LogP contribution in [-0.4, -0.2) is 78.8 Å². The highest BCUT2D eigenvalue weighted by molar-refractivity contribution is 5.94. The van der Waals surface area contributed by atoms with Crippen molar-refractivity contribution >= 4 is 23.2 Å². The van der Waals surface area contributed by atoms with Gasteiger partial charge in [-0.15, -0.1) is 0 Å². The molecule has 0 radical (unpaired) electrons. The Morgan fingerprint density at radius 1 is 0.743 bits per heavy atom. The average molecular weight is 483 g/mol. The molecule has 0 aliphatic carbocycles. The number of hydrogen-bond acceptors (Lipinski definition) is 6. The first-order valence-electron chi connectivity index (χ1n) is 12.3. The first-order chi connectivity index (χ1) is 16.9. The third-order valence-corrected chi connectivity index (χ3v) is 5.90. The van der Waals surface area contributed by atoms with E-state index in [1.54, 1.807) is 48.5 Å². The summed E-state index contributed by atoms with van der Waals surface area (Å²) in [7, 11) is 0. The maximum atomic E-state index is 12.4. The molecule has 0 spiro atoms. The first kappa shape index (κ1) is 27.9. The zero-order valence-electron chi connectivity index (χ0n) is 21.3. The Hall–Kier alpha value is -3.30. The van der Waals surface area contributed by atoms with E-state index in [1.165, 1.54) is 0 Å². The maximum absolute atomic E-state index is 12.4. The van der Waals surface area contributed by atoms with Crippen LogP contribution in [0.25, 0.3) is 0 Å². The Bertz CT molecular complexity index is 952. The van der Waals surface area contributed by atoms with Crippen molar-refractivity contribution in [3.63, 3.8) is 0 Å². The SMILES string of the molecule is CCN(CC)CCNC(=O)c1ccc(N=[N+]([O-])c2ccc(C(=O)NCCN(CC)CC)cc2)cc1. The van der Waals surface area contributed by atoms with Gasteiger partial charge in [0.15, 0.2) is 0 Å². The molecule has 0 fully saturated rings. The molecule has 0 bridgehead atoms. The first-order valence-corrected chi connectivity index (χ1v) is 12.3. The van der Waals surface area contributed by atoms with Gasteiger partial charge < -0.3 is 25.6 Å². The molecule has 0 heterocycles. The van der Waals surface area contributed by atoms with Gasteiger partial charge in [0.05, 0.1) is 0 Å². The van der Waals surface area contributed by atoms with E-state index >= 15 is 0 Å². The molecular weight excluding hydrogens is 444 g/mol. The van der Waals surface area contributed by atoms with E-state index in [0.717, 1.165) is 39.3 Å². The Balaban J connectivity index is 1.91. The third kappa shape index (κ3) is 9.11. The number of azo groups is 1. The van der Waals surface area contributed by atoms with Gasteiger partial charge in [0.2, 0.25) is 5.69 Å². The van der Waals surface area contributed by atoms with E-state index in [9.17, 15) is 14.8 Å². The Morgan fingerprint density at radius 3 is 1.54 bits per heavy atom. The molecule has 0 atom stereocenters. The molecule has 2 amide bonds. The highest BCUT2D eigenvalue weighted by Crippen LogP contribution is 2.19. The molecule has 0 unspecified atom stereocenters. The number of nitrogens with one attached hydrogen (secondary N) is 2. The Labute approximate surface area is 208 Å². The summed E-state index contributed by atoms with van der Waals surface area (Å²) in [4.78, 5) is 29.6. The monoisotopic (exact) mass is 482 g/mol. The standard InChI is InChI=1S/C26H38N6O3/c1-5-30(6-2)19-17-27-25(33)21-9-13-23(14-10-21)29-32(35)24-15-11-22(12-16-24)26(34)28-18-20-31(7-3)8-4/h9-16H,5-8,17-20H2,1-4H3,(H,27,33)(H,28,34). The quantitative estimate of drug-likeness (QED) is 0.242. The number of amides is 2. The van der Waals surface area contributed by atoms with Gasteiger partial charge in [-0.05, 0) is 62.6 Å². The summed E-state index contributed by atoms with van der Waals surface area (Å²) < 4.78 is 0. The predicted octanol–water partition coefficient (Wildman–Crippen LogP) is 3.76. The van der Waals surface area contributed by atoms with Crippen LogP contribution in [0.15, 0.2) is 53.6 Å². The summed E-state index contributed by atoms with van der Waals surface area (Å²) in [5, 5.41) is 22.3. The van der Waals surface area contributed by atoms with Gasteiger partial charge >= 0.3 is 0 Å². The molecule has 0 aliphatic heterocycles. The molecule has 0 aromatic heterocycles. The third-order valence-electron chi connectivity index (χ3n) is 5.90. The summed E-state index contributed by atoms with van der Waals surface area (Å²) >= 11 is 0. The molecular formula is C26H38N6O3. The van der Waals surface area contributed by atoms with Crippen LogP contribution >= 0.6 is 0 Å². The molecule has 0 saturated carbocycles. The molecule has 0 aliphatic rings. The van der Waals surface area contributed by atoms with E-state index in [-0.39, 0.29) is 11.8 Å². The van der Waals surface area contributed by atoms with Crippen LogP contribution in [0, 0.1) is 5.21 Å². The number of carbonyl (C=O) groups excluding carboxylic acids is 2. The zero-order chi connectivity index (χ0) is 25.6. The van der Waals surface area contributed by atoms with Gasteiger partial charge in [0, 0.05) is 54.6 Å². The van der Waals surface area contributed by atoms with Crippen molar-refractivity contribution in [3.8, 4) is 0 Å². The van der Waals surface area contributed by atoms with E-state index in [1.807, 2.05) is 0 Å². The fourth-order valence-electron chi connectivity index (χ4n) is 3.52. The predicted molar refractivity (Wildman–Crippen MR) is 139 cm³/mol. The lowest BCUT2D eigenvalue weighted by atomic mass is 10.2. The van der Waals surface area contributed by atoms with Crippen molar-refractivity contribution in [3.05, 3.63) is 64.9 Å². The number of likely N-dealkylation sites (N-methyl/N-ethyl adjacent to an activating group) is 2. The highest BCUT2D eigenvalue weighted by Gasteiger charge is 2.11. The second-order valence-corrected chi connectivity index (χ2v) is 8.03. The smallest absolute Gasteiger partial charge is 0.251 e. The average Bonchev–Trinajstić information content (AvgIpc) is 2.89. The minimum atomic E-state index is -0.177. The Morgan fingerprint density at radius 2 is 1.14 bits per heavy atom. The van der Waals surface area contributed by atoms with Crippen LogP contribution in [0.1, 0.15) is 48.4 Å². The number of rotatable bonds is 14. The fourth-order valence-corrected chi connectivity index (χ4v) is 3.52. The van der Waals surface area contributed by atoms with Gasteiger partial charge in [0.1, 0.15) is 5.69 Å². The molecule has 2 aromatic rings. The number of carbonyl (C=O) groups is 2. The molecule has 2 N–H and O–H groups in total. The topological polar surface area (TPSA) is 103 Å². The van der Waals surface area contributed by atoms with Gasteiger partial charge in [-0.2, -0.15) is 0 Å². The molecule has 2 rings (SSSR count). The van der Waals surface area contributed by atoms with Crippen molar-refractivity contribution in [2.75, 3.05) is 52.4 Å². The number of hydrogen-bond donors (Lipinski definition) is 2. The molecule has 0 saturated heterocycles.